The number of amides is 1. The Hall–Kier alpha value is -2.32. The van der Waals surface area contributed by atoms with Gasteiger partial charge in [0.25, 0.3) is 0 Å². The Bertz CT molecular complexity index is 610. The molecule has 0 radical (unpaired) electrons. The van der Waals surface area contributed by atoms with E-state index in [-0.39, 0.29) is 29.2 Å². The maximum Gasteiger partial charge on any atom is 0.407 e. The first-order valence-corrected chi connectivity index (χ1v) is 7.67. The van der Waals surface area contributed by atoms with Crippen LogP contribution in [0.1, 0.15) is 42.8 Å². The summed E-state index contributed by atoms with van der Waals surface area (Å²) in [6.45, 7) is 4.87. The van der Waals surface area contributed by atoms with Gasteiger partial charge in [0.05, 0.1) is 14.2 Å². The fourth-order valence-corrected chi connectivity index (χ4v) is 2.12. The van der Waals surface area contributed by atoms with E-state index in [1.165, 1.54) is 26.4 Å². The molecule has 0 spiro atoms. The maximum atomic E-state index is 11.6. The van der Waals surface area contributed by atoms with Crippen molar-refractivity contribution < 1.29 is 34.0 Å². The minimum absolute atomic E-state index is 0.169. The number of rotatable bonds is 7. The molecular weight excluding hydrogens is 330 g/mol. The Morgan fingerprint density at radius 3 is 2.36 bits per heavy atom. The molecule has 8 heteroatoms. The number of hydrogen-bond donors (Lipinski definition) is 3. The molecule has 0 saturated carbocycles. The van der Waals surface area contributed by atoms with Gasteiger partial charge in [-0.3, -0.25) is 4.79 Å². The first-order valence-electron chi connectivity index (χ1n) is 7.67. The van der Waals surface area contributed by atoms with Gasteiger partial charge in [0.1, 0.15) is 24.1 Å². The van der Waals surface area contributed by atoms with E-state index in [4.69, 9.17) is 14.2 Å². The maximum absolute atomic E-state index is 11.6. The van der Waals surface area contributed by atoms with E-state index in [9.17, 15) is 19.8 Å². The molecule has 0 aliphatic heterocycles. The minimum Gasteiger partial charge on any atom is -0.493 e. The summed E-state index contributed by atoms with van der Waals surface area (Å²) < 4.78 is 15.4. The highest BCUT2D eigenvalue weighted by atomic mass is 16.6. The SMILES string of the molecule is COc1cc(C=O)cc(C(O)C(O)CNC(=O)OC(C)(C)C)c1OC. The monoisotopic (exact) mass is 355 g/mol. The number of ether oxygens (including phenoxy) is 3. The Morgan fingerprint density at radius 1 is 1.24 bits per heavy atom. The lowest BCUT2D eigenvalue weighted by Crippen LogP contribution is -2.39. The number of carbonyl (C=O) groups excluding carboxylic acids is 2. The first-order chi connectivity index (χ1) is 11.6. The number of hydrogen-bond acceptors (Lipinski definition) is 7. The third-order valence-electron chi connectivity index (χ3n) is 3.20. The van der Waals surface area contributed by atoms with Gasteiger partial charge in [-0.25, -0.2) is 4.79 Å². The number of nitrogens with one attached hydrogen (secondary N) is 1. The van der Waals surface area contributed by atoms with Gasteiger partial charge in [-0.2, -0.15) is 0 Å². The van der Waals surface area contributed by atoms with Crippen molar-refractivity contribution in [3.63, 3.8) is 0 Å². The highest BCUT2D eigenvalue weighted by molar-refractivity contribution is 5.77. The predicted octanol–water partition coefficient (Wildman–Crippen LogP) is 1.44. The average molecular weight is 355 g/mol. The summed E-state index contributed by atoms with van der Waals surface area (Å²) in [4.78, 5) is 22.7. The number of alkyl carbamates (subject to hydrolysis) is 1. The molecule has 1 amide bonds. The van der Waals surface area contributed by atoms with E-state index < -0.39 is 23.9 Å². The van der Waals surface area contributed by atoms with E-state index in [0.29, 0.717) is 6.29 Å². The molecule has 0 heterocycles. The average Bonchev–Trinajstić information content (AvgIpc) is 2.55. The van der Waals surface area contributed by atoms with Crippen LogP contribution < -0.4 is 14.8 Å². The molecule has 1 aromatic rings. The van der Waals surface area contributed by atoms with Crippen molar-refractivity contribution in [2.45, 2.75) is 38.6 Å². The third kappa shape index (κ3) is 5.91. The molecule has 25 heavy (non-hydrogen) atoms. The molecule has 0 saturated heterocycles. The second kappa shape index (κ2) is 8.68. The van der Waals surface area contributed by atoms with Crippen LogP contribution in [0, 0.1) is 0 Å². The highest BCUT2D eigenvalue weighted by Crippen LogP contribution is 2.37. The van der Waals surface area contributed by atoms with Gasteiger partial charge < -0.3 is 29.7 Å². The third-order valence-corrected chi connectivity index (χ3v) is 3.20. The van der Waals surface area contributed by atoms with E-state index in [1.807, 2.05) is 0 Å². The standard InChI is InChI=1S/C17H25NO7/c1-17(2,3)25-16(22)18-8-12(20)14(21)11-6-10(9-19)7-13(23-4)15(11)24-5/h6-7,9,12,14,20-21H,8H2,1-5H3,(H,18,22). The molecule has 2 atom stereocenters. The zero-order valence-corrected chi connectivity index (χ0v) is 15.0. The normalized spacial score (nSPS) is 13.6. The molecule has 3 N–H and O–H groups in total. The number of carbonyl (C=O) groups is 2. The van der Waals surface area contributed by atoms with Crippen LogP contribution in [0.3, 0.4) is 0 Å². The lowest BCUT2D eigenvalue weighted by Gasteiger charge is -2.23. The summed E-state index contributed by atoms with van der Waals surface area (Å²) in [5.41, 5.74) is -0.260. The van der Waals surface area contributed by atoms with Gasteiger partial charge in [-0.05, 0) is 32.9 Å². The predicted molar refractivity (Wildman–Crippen MR) is 90.1 cm³/mol. The smallest absolute Gasteiger partial charge is 0.407 e. The summed E-state index contributed by atoms with van der Waals surface area (Å²) in [7, 11) is 2.77. The van der Waals surface area contributed by atoms with Gasteiger partial charge in [0.2, 0.25) is 0 Å². The summed E-state index contributed by atoms with van der Waals surface area (Å²) in [5, 5.41) is 22.9. The Labute approximate surface area is 146 Å². The van der Waals surface area contributed by atoms with Crippen molar-refractivity contribution >= 4 is 12.4 Å². The minimum atomic E-state index is -1.42. The molecular formula is C17H25NO7. The second-order valence-corrected chi connectivity index (χ2v) is 6.36. The zero-order chi connectivity index (χ0) is 19.2. The molecule has 1 rings (SSSR count). The van der Waals surface area contributed by atoms with Crippen LogP contribution in [-0.2, 0) is 4.74 Å². The second-order valence-electron chi connectivity index (χ2n) is 6.36. The number of aldehydes is 1. The van der Waals surface area contributed by atoms with Gasteiger partial charge in [0, 0.05) is 17.7 Å². The van der Waals surface area contributed by atoms with E-state index in [0.717, 1.165) is 0 Å². The van der Waals surface area contributed by atoms with Crippen LogP contribution in [0.15, 0.2) is 12.1 Å². The van der Waals surface area contributed by atoms with Crippen molar-refractivity contribution in [2.75, 3.05) is 20.8 Å². The van der Waals surface area contributed by atoms with Gasteiger partial charge in [-0.1, -0.05) is 0 Å². The lowest BCUT2D eigenvalue weighted by atomic mass is 10.00. The Balaban J connectivity index is 2.92. The molecule has 0 aromatic heterocycles. The van der Waals surface area contributed by atoms with Crippen LogP contribution in [0.2, 0.25) is 0 Å². The van der Waals surface area contributed by atoms with Gasteiger partial charge >= 0.3 is 6.09 Å². The van der Waals surface area contributed by atoms with Crippen LogP contribution >= 0.6 is 0 Å². The van der Waals surface area contributed by atoms with Gasteiger partial charge in [0.15, 0.2) is 11.5 Å². The highest BCUT2D eigenvalue weighted by Gasteiger charge is 2.26. The summed E-state index contributed by atoms with van der Waals surface area (Å²) in [6, 6.07) is 2.84. The van der Waals surface area contributed by atoms with E-state index in [1.54, 1.807) is 20.8 Å². The number of benzene rings is 1. The molecule has 0 aliphatic carbocycles. The molecule has 0 aliphatic rings. The molecule has 0 fully saturated rings. The fraction of sp³-hybridized carbons (Fsp3) is 0.529. The summed E-state index contributed by atoms with van der Waals surface area (Å²) in [5.74, 6) is 0.436. The fourth-order valence-electron chi connectivity index (χ4n) is 2.12. The van der Waals surface area contributed by atoms with Crippen molar-refractivity contribution in [3.05, 3.63) is 23.3 Å². The quantitative estimate of drug-likeness (QED) is 0.634. The topological polar surface area (TPSA) is 114 Å². The van der Waals surface area contributed by atoms with Crippen LogP contribution in [-0.4, -0.2) is 55.1 Å². The summed E-state index contributed by atoms with van der Waals surface area (Å²) >= 11 is 0. The van der Waals surface area contributed by atoms with Crippen molar-refractivity contribution in [1.29, 1.82) is 0 Å². The molecule has 2 unspecified atom stereocenters. The first kappa shape index (κ1) is 20.7. The lowest BCUT2D eigenvalue weighted by molar-refractivity contribution is 0.0117. The van der Waals surface area contributed by atoms with Crippen LogP contribution in [0.4, 0.5) is 4.79 Å². The Kier molecular flexibility index (Phi) is 7.20. The molecule has 140 valence electrons. The van der Waals surface area contributed by atoms with Gasteiger partial charge in [-0.15, -0.1) is 0 Å². The van der Waals surface area contributed by atoms with Crippen LogP contribution in [0.25, 0.3) is 0 Å². The molecule has 8 nitrogen and oxygen atoms in total. The zero-order valence-electron chi connectivity index (χ0n) is 15.0. The number of aliphatic hydroxyl groups is 2. The van der Waals surface area contributed by atoms with Crippen molar-refractivity contribution in [1.82, 2.24) is 5.32 Å². The molecule has 1 aromatic carbocycles. The van der Waals surface area contributed by atoms with Crippen molar-refractivity contribution in [2.24, 2.45) is 0 Å². The number of aliphatic hydroxyl groups excluding tert-OH is 2. The van der Waals surface area contributed by atoms with E-state index in [2.05, 4.69) is 5.32 Å². The summed E-state index contributed by atoms with van der Waals surface area (Å²) in [6.07, 6.45) is -2.90. The largest absolute Gasteiger partial charge is 0.493 e. The van der Waals surface area contributed by atoms with Crippen molar-refractivity contribution in [3.8, 4) is 11.5 Å². The van der Waals surface area contributed by atoms with Crippen LogP contribution in [0.5, 0.6) is 11.5 Å². The van der Waals surface area contributed by atoms with E-state index >= 15 is 0 Å². The molecule has 0 bridgehead atoms. The number of methoxy groups -OCH3 is 2. The Morgan fingerprint density at radius 2 is 1.88 bits per heavy atom.